The van der Waals surface area contributed by atoms with Gasteiger partial charge in [-0.05, 0) is 36.4 Å². The van der Waals surface area contributed by atoms with Gasteiger partial charge in [0.25, 0.3) is 5.91 Å². The van der Waals surface area contributed by atoms with E-state index < -0.39 is 35.1 Å². The Bertz CT molecular complexity index is 1400. The molecule has 0 aliphatic carbocycles. The molecule has 180 valence electrons. The topological polar surface area (TPSA) is 117 Å². The number of benzene rings is 2. The third kappa shape index (κ3) is 4.63. The van der Waals surface area contributed by atoms with E-state index in [2.05, 4.69) is 10.4 Å². The van der Waals surface area contributed by atoms with Gasteiger partial charge in [-0.1, -0.05) is 11.6 Å². The van der Waals surface area contributed by atoms with E-state index in [9.17, 15) is 27.2 Å². The van der Waals surface area contributed by atoms with E-state index in [0.717, 1.165) is 12.1 Å². The van der Waals surface area contributed by atoms with Crippen LogP contribution in [-0.4, -0.2) is 33.2 Å². The molecule has 0 saturated heterocycles. The maximum atomic E-state index is 13.6. The molecule has 4 rings (SSSR count). The number of carbonyl (C=O) groups is 2. The van der Waals surface area contributed by atoms with Crippen LogP contribution in [0.2, 0.25) is 5.02 Å². The van der Waals surface area contributed by atoms with Gasteiger partial charge in [0.05, 0.1) is 46.6 Å². The van der Waals surface area contributed by atoms with Gasteiger partial charge in [0.15, 0.2) is 0 Å². The van der Waals surface area contributed by atoms with Crippen molar-refractivity contribution in [3.05, 3.63) is 69.6 Å². The van der Waals surface area contributed by atoms with Crippen molar-refractivity contribution >= 4 is 29.2 Å². The van der Waals surface area contributed by atoms with Crippen LogP contribution in [0.4, 0.5) is 28.0 Å². The molecule has 13 heteroatoms. The van der Waals surface area contributed by atoms with Gasteiger partial charge in [0.2, 0.25) is 0 Å². The number of aromatic nitrogens is 2. The molecule has 0 saturated carbocycles. The highest BCUT2D eigenvalue weighted by Crippen LogP contribution is 2.34. The minimum Gasteiger partial charge on any atom is -0.365 e. The summed E-state index contributed by atoms with van der Waals surface area (Å²) < 4.78 is 54.7. The second kappa shape index (κ2) is 8.92. The van der Waals surface area contributed by atoms with Crippen LogP contribution in [0, 0.1) is 17.1 Å². The Morgan fingerprint density at radius 2 is 1.91 bits per heavy atom. The minimum atomic E-state index is -4.78. The summed E-state index contributed by atoms with van der Waals surface area (Å²) in [6.45, 7) is 0.179. The number of halogens is 5. The van der Waals surface area contributed by atoms with Gasteiger partial charge >= 0.3 is 12.2 Å². The lowest BCUT2D eigenvalue weighted by molar-refractivity contribution is -0.137. The average molecular weight is 507 g/mol. The summed E-state index contributed by atoms with van der Waals surface area (Å²) in [7, 11) is 0. The predicted octanol–water partition coefficient (Wildman–Crippen LogP) is 4.38. The maximum Gasteiger partial charge on any atom is 0.417 e. The van der Waals surface area contributed by atoms with Gasteiger partial charge in [-0.25, -0.2) is 9.18 Å². The molecular formula is C22H15ClF4N6O2. The van der Waals surface area contributed by atoms with Crippen molar-refractivity contribution < 1.29 is 27.2 Å². The highest BCUT2D eigenvalue weighted by atomic mass is 35.5. The lowest BCUT2D eigenvalue weighted by Crippen LogP contribution is -2.41. The fraction of sp³-hybridized carbons (Fsp3) is 0.182. The second-order valence-corrected chi connectivity index (χ2v) is 8.02. The molecule has 3 aromatic rings. The van der Waals surface area contributed by atoms with Crippen LogP contribution in [0.5, 0.6) is 0 Å². The van der Waals surface area contributed by atoms with Crippen LogP contribution < -0.4 is 11.1 Å². The standard InChI is InChI=1S/C22H15ClF4N6O2/c23-15-7-11(2-4-16(15)24)19-18(20(29)34)17-10-32(5-6-33(17)31-19)21(35)30-13-3-1-12(9-28)14(8-13)22(25,26)27/h1-4,7-8H,5-6,10H2,(H2,29,34)(H,30,35). The zero-order valence-corrected chi connectivity index (χ0v) is 18.4. The summed E-state index contributed by atoms with van der Waals surface area (Å²) in [6.07, 6.45) is -4.78. The quantitative estimate of drug-likeness (QED) is 0.513. The van der Waals surface area contributed by atoms with Gasteiger partial charge in [0.1, 0.15) is 11.5 Å². The molecule has 35 heavy (non-hydrogen) atoms. The lowest BCUT2D eigenvalue weighted by atomic mass is 10.0. The van der Waals surface area contributed by atoms with E-state index in [1.807, 2.05) is 0 Å². The third-order valence-corrected chi connectivity index (χ3v) is 5.69. The van der Waals surface area contributed by atoms with Crippen LogP contribution in [-0.2, 0) is 19.3 Å². The molecule has 0 radical (unpaired) electrons. The molecule has 0 bridgehead atoms. The summed E-state index contributed by atoms with van der Waals surface area (Å²) in [6, 6.07) is 7.37. The molecule has 0 fully saturated rings. The number of anilines is 1. The molecule has 1 aliphatic rings. The largest absolute Gasteiger partial charge is 0.417 e. The summed E-state index contributed by atoms with van der Waals surface area (Å²) in [4.78, 5) is 26.3. The molecule has 2 aromatic carbocycles. The monoisotopic (exact) mass is 506 g/mol. The summed E-state index contributed by atoms with van der Waals surface area (Å²) in [5, 5.41) is 15.5. The normalized spacial score (nSPS) is 13.2. The maximum absolute atomic E-state index is 13.6. The molecule has 1 aliphatic heterocycles. The van der Waals surface area contributed by atoms with Crippen LogP contribution in [0.3, 0.4) is 0 Å². The van der Waals surface area contributed by atoms with Gasteiger partial charge in [-0.2, -0.15) is 23.5 Å². The molecule has 0 spiro atoms. The van der Waals surface area contributed by atoms with Crippen molar-refractivity contribution in [1.82, 2.24) is 14.7 Å². The fourth-order valence-corrected chi connectivity index (χ4v) is 3.93. The zero-order chi connectivity index (χ0) is 25.5. The highest BCUT2D eigenvalue weighted by molar-refractivity contribution is 6.31. The minimum absolute atomic E-state index is 0.0166. The van der Waals surface area contributed by atoms with E-state index in [0.29, 0.717) is 17.3 Å². The molecular weight excluding hydrogens is 492 g/mol. The number of rotatable bonds is 3. The highest BCUT2D eigenvalue weighted by Gasteiger charge is 2.34. The van der Waals surface area contributed by atoms with Gasteiger partial charge in [-0.3, -0.25) is 9.48 Å². The first-order chi connectivity index (χ1) is 16.5. The summed E-state index contributed by atoms with van der Waals surface area (Å²) in [5.41, 5.74) is 4.51. The van der Waals surface area contributed by atoms with Gasteiger partial charge in [-0.15, -0.1) is 0 Å². The first kappa shape index (κ1) is 24.0. The number of nitrogens with one attached hydrogen (secondary N) is 1. The predicted molar refractivity (Wildman–Crippen MR) is 117 cm³/mol. The Morgan fingerprint density at radius 3 is 2.54 bits per heavy atom. The summed E-state index contributed by atoms with van der Waals surface area (Å²) in [5.74, 6) is -1.48. The molecule has 1 aromatic heterocycles. The smallest absolute Gasteiger partial charge is 0.365 e. The molecule has 8 nitrogen and oxygen atoms in total. The number of hydrogen-bond donors (Lipinski definition) is 2. The van der Waals surface area contributed by atoms with Crippen LogP contribution in [0.1, 0.15) is 27.2 Å². The molecule has 0 unspecified atom stereocenters. The average Bonchev–Trinajstić information content (AvgIpc) is 3.19. The number of nitrogens with two attached hydrogens (primary N) is 1. The van der Waals surface area contributed by atoms with Crippen molar-refractivity contribution in [2.45, 2.75) is 19.3 Å². The van der Waals surface area contributed by atoms with Crippen LogP contribution in [0.25, 0.3) is 11.3 Å². The van der Waals surface area contributed by atoms with E-state index in [1.165, 1.54) is 33.9 Å². The van der Waals surface area contributed by atoms with E-state index in [-0.39, 0.29) is 41.6 Å². The second-order valence-electron chi connectivity index (χ2n) is 7.61. The van der Waals surface area contributed by atoms with Crippen molar-refractivity contribution in [1.29, 1.82) is 5.26 Å². The van der Waals surface area contributed by atoms with Gasteiger partial charge < -0.3 is 16.0 Å². The Labute approximate surface area is 200 Å². The number of urea groups is 1. The molecule has 2 heterocycles. The fourth-order valence-electron chi connectivity index (χ4n) is 3.75. The summed E-state index contributed by atoms with van der Waals surface area (Å²) >= 11 is 5.85. The van der Waals surface area contributed by atoms with Crippen molar-refractivity contribution in [2.75, 3.05) is 11.9 Å². The molecule has 0 atom stereocenters. The van der Waals surface area contributed by atoms with E-state index in [4.69, 9.17) is 22.6 Å². The third-order valence-electron chi connectivity index (χ3n) is 5.40. The first-order valence-corrected chi connectivity index (χ1v) is 10.4. The number of carbonyl (C=O) groups excluding carboxylic acids is 2. The number of nitrogens with zero attached hydrogens (tertiary/aromatic N) is 4. The molecule has 3 N–H and O–H groups in total. The number of nitriles is 1. The van der Waals surface area contributed by atoms with Crippen molar-refractivity contribution in [2.24, 2.45) is 5.73 Å². The number of hydrogen-bond acceptors (Lipinski definition) is 4. The van der Waals surface area contributed by atoms with Gasteiger partial charge in [0, 0.05) is 17.8 Å². The number of fused-ring (bicyclic) bond motifs is 1. The van der Waals surface area contributed by atoms with Crippen molar-refractivity contribution in [3.8, 4) is 17.3 Å². The van der Waals surface area contributed by atoms with Crippen LogP contribution >= 0.6 is 11.6 Å². The Balaban J connectivity index is 1.62. The Morgan fingerprint density at radius 1 is 1.17 bits per heavy atom. The Hall–Kier alpha value is -4.11. The van der Waals surface area contributed by atoms with E-state index >= 15 is 0 Å². The number of alkyl halides is 3. The Kier molecular flexibility index (Phi) is 6.12. The number of primary amides is 1. The molecule has 3 amide bonds. The van der Waals surface area contributed by atoms with Crippen LogP contribution in [0.15, 0.2) is 36.4 Å². The van der Waals surface area contributed by atoms with Crippen molar-refractivity contribution in [3.63, 3.8) is 0 Å². The SMILES string of the molecule is N#Cc1ccc(NC(=O)N2CCn3nc(-c4ccc(F)c(Cl)c4)c(C(N)=O)c3C2)cc1C(F)(F)F. The first-order valence-electron chi connectivity index (χ1n) is 10.0. The van der Waals surface area contributed by atoms with E-state index in [1.54, 1.807) is 0 Å². The lowest BCUT2D eigenvalue weighted by Gasteiger charge is -2.28. The zero-order valence-electron chi connectivity index (χ0n) is 17.7. The number of amides is 3.